The molecule has 1 aliphatic heterocycles. The lowest BCUT2D eigenvalue weighted by atomic mass is 10.1. The van der Waals surface area contributed by atoms with Crippen molar-refractivity contribution in [3.63, 3.8) is 0 Å². The highest BCUT2D eigenvalue weighted by Crippen LogP contribution is 2.20. The number of sulfonamides is 1. The molecule has 0 spiro atoms. The lowest BCUT2D eigenvalue weighted by Crippen LogP contribution is -3.13. The van der Waals surface area contributed by atoms with Gasteiger partial charge in [0.05, 0.1) is 26.2 Å². The van der Waals surface area contributed by atoms with Gasteiger partial charge in [0.1, 0.15) is 10.8 Å². The van der Waals surface area contributed by atoms with Crippen LogP contribution in [0.25, 0.3) is 0 Å². The fourth-order valence-corrected chi connectivity index (χ4v) is 5.80. The molecule has 1 aromatic carbocycles. The number of hydrogen-bond donors (Lipinski definition) is 1. The van der Waals surface area contributed by atoms with Gasteiger partial charge in [0, 0.05) is 5.56 Å². The van der Waals surface area contributed by atoms with E-state index in [2.05, 4.69) is 32.0 Å². The maximum atomic E-state index is 12.5. The summed E-state index contributed by atoms with van der Waals surface area (Å²) in [5.74, 6) is 0. The molecule has 1 aliphatic rings. The lowest BCUT2D eigenvalue weighted by molar-refractivity contribution is -0.917. The van der Waals surface area contributed by atoms with Gasteiger partial charge in [-0.15, -0.1) is 11.3 Å². The number of thiophene rings is 1. The highest BCUT2D eigenvalue weighted by molar-refractivity contribution is 7.91. The second kappa shape index (κ2) is 6.73. The van der Waals surface area contributed by atoms with Crippen molar-refractivity contribution >= 4 is 21.4 Å². The van der Waals surface area contributed by atoms with E-state index in [9.17, 15) is 8.42 Å². The number of benzene rings is 1. The quantitative estimate of drug-likeness (QED) is 0.906. The van der Waals surface area contributed by atoms with Crippen molar-refractivity contribution in [3.8, 4) is 0 Å². The molecule has 0 unspecified atom stereocenters. The van der Waals surface area contributed by atoms with Gasteiger partial charge < -0.3 is 4.90 Å². The van der Waals surface area contributed by atoms with Crippen molar-refractivity contribution in [2.75, 3.05) is 26.2 Å². The van der Waals surface area contributed by atoms with E-state index in [1.807, 2.05) is 5.38 Å². The second-order valence-corrected chi connectivity index (χ2v) is 9.37. The second-order valence-electron chi connectivity index (χ2n) is 6.26. The van der Waals surface area contributed by atoms with Gasteiger partial charge >= 0.3 is 0 Å². The van der Waals surface area contributed by atoms with Crippen LogP contribution in [0.1, 0.15) is 16.7 Å². The Labute approximate surface area is 142 Å². The van der Waals surface area contributed by atoms with Crippen molar-refractivity contribution < 1.29 is 13.3 Å². The van der Waals surface area contributed by atoms with E-state index in [4.69, 9.17) is 0 Å². The normalized spacial score (nSPS) is 17.5. The fraction of sp³-hybridized carbons (Fsp3) is 0.412. The first kappa shape index (κ1) is 16.6. The van der Waals surface area contributed by atoms with Crippen LogP contribution in [0.15, 0.2) is 39.9 Å². The average Bonchev–Trinajstić information content (AvgIpc) is 3.01. The minimum Gasteiger partial charge on any atom is -0.329 e. The van der Waals surface area contributed by atoms with Gasteiger partial charge in [-0.25, -0.2) is 8.42 Å². The van der Waals surface area contributed by atoms with Crippen molar-refractivity contribution in [1.82, 2.24) is 4.31 Å². The van der Waals surface area contributed by atoms with Crippen molar-refractivity contribution in [2.24, 2.45) is 0 Å². The first-order valence-corrected chi connectivity index (χ1v) is 10.2. The molecule has 0 atom stereocenters. The van der Waals surface area contributed by atoms with Crippen LogP contribution in [0.3, 0.4) is 0 Å². The Bertz CT molecular complexity index is 742. The summed E-state index contributed by atoms with van der Waals surface area (Å²) in [6, 6.07) is 10.1. The molecular formula is C17H23N2O2S2+. The molecule has 0 radical (unpaired) electrons. The number of piperazine rings is 1. The van der Waals surface area contributed by atoms with Gasteiger partial charge in [-0.1, -0.05) is 35.4 Å². The van der Waals surface area contributed by atoms with Crippen LogP contribution in [0.5, 0.6) is 0 Å². The molecule has 0 saturated carbocycles. The largest absolute Gasteiger partial charge is 0.329 e. The molecule has 0 bridgehead atoms. The van der Waals surface area contributed by atoms with Gasteiger partial charge in [-0.2, -0.15) is 4.31 Å². The lowest BCUT2D eigenvalue weighted by Gasteiger charge is -2.31. The van der Waals surface area contributed by atoms with Crippen LogP contribution in [-0.2, 0) is 16.6 Å². The molecule has 0 amide bonds. The van der Waals surface area contributed by atoms with Crippen molar-refractivity contribution in [3.05, 3.63) is 52.4 Å². The summed E-state index contributed by atoms with van der Waals surface area (Å²) in [6.07, 6.45) is 0. The molecule has 1 N–H and O–H groups in total. The Morgan fingerprint density at radius 1 is 1.13 bits per heavy atom. The van der Waals surface area contributed by atoms with Gasteiger partial charge in [0.25, 0.3) is 10.0 Å². The standard InChI is InChI=1S/C17H22N2O2S2/c1-14-10-15(2)12-16(11-14)13-18-5-7-19(8-6-18)23(20,21)17-4-3-9-22-17/h3-4,9-12H,5-8,13H2,1-2H3/p+1. The van der Waals surface area contributed by atoms with Gasteiger partial charge in [0.15, 0.2) is 0 Å². The smallest absolute Gasteiger partial charge is 0.252 e. The van der Waals surface area contributed by atoms with E-state index in [1.165, 1.54) is 32.9 Å². The van der Waals surface area contributed by atoms with Gasteiger partial charge in [-0.05, 0) is 25.3 Å². The highest BCUT2D eigenvalue weighted by Gasteiger charge is 2.30. The fourth-order valence-electron chi connectivity index (χ4n) is 3.22. The van der Waals surface area contributed by atoms with Crippen LogP contribution in [0.2, 0.25) is 0 Å². The topological polar surface area (TPSA) is 41.8 Å². The highest BCUT2D eigenvalue weighted by atomic mass is 32.2. The first-order valence-electron chi connectivity index (χ1n) is 7.89. The third kappa shape index (κ3) is 3.83. The Morgan fingerprint density at radius 2 is 1.78 bits per heavy atom. The number of nitrogens with one attached hydrogen (secondary N) is 1. The molecule has 124 valence electrons. The Kier molecular flexibility index (Phi) is 4.87. The minimum absolute atomic E-state index is 0.454. The Balaban J connectivity index is 1.62. The monoisotopic (exact) mass is 351 g/mol. The first-order chi connectivity index (χ1) is 10.9. The van der Waals surface area contributed by atoms with Gasteiger partial charge in [-0.3, -0.25) is 0 Å². The summed E-state index contributed by atoms with van der Waals surface area (Å²) in [5.41, 5.74) is 3.92. The van der Waals surface area contributed by atoms with Gasteiger partial charge in [0.2, 0.25) is 0 Å². The predicted molar refractivity (Wildman–Crippen MR) is 93.4 cm³/mol. The zero-order valence-corrected chi connectivity index (χ0v) is 15.2. The SMILES string of the molecule is Cc1cc(C)cc(C[NH+]2CCN(S(=O)(=O)c3cccs3)CC2)c1. The average molecular weight is 352 g/mol. The number of aryl methyl sites for hydroxylation is 2. The van der Waals surface area contributed by atoms with Crippen LogP contribution in [0.4, 0.5) is 0 Å². The molecule has 1 fully saturated rings. The maximum Gasteiger partial charge on any atom is 0.252 e. The summed E-state index contributed by atoms with van der Waals surface area (Å²) in [6.45, 7) is 8.13. The van der Waals surface area contributed by atoms with Crippen LogP contribution in [0, 0.1) is 13.8 Å². The van der Waals surface area contributed by atoms with E-state index in [0.717, 1.165) is 19.6 Å². The summed E-state index contributed by atoms with van der Waals surface area (Å²) < 4.78 is 27.1. The zero-order chi connectivity index (χ0) is 16.4. The predicted octanol–water partition coefficient (Wildman–Crippen LogP) is 1.45. The van der Waals surface area contributed by atoms with E-state index in [0.29, 0.717) is 17.3 Å². The van der Waals surface area contributed by atoms with E-state index < -0.39 is 10.0 Å². The van der Waals surface area contributed by atoms with Crippen molar-refractivity contribution in [2.45, 2.75) is 24.6 Å². The number of rotatable bonds is 4. The van der Waals surface area contributed by atoms with E-state index >= 15 is 0 Å². The maximum absolute atomic E-state index is 12.5. The molecule has 1 aromatic heterocycles. The summed E-state index contributed by atoms with van der Waals surface area (Å²) in [7, 11) is -3.29. The minimum atomic E-state index is -3.29. The summed E-state index contributed by atoms with van der Waals surface area (Å²) >= 11 is 1.29. The third-order valence-electron chi connectivity index (χ3n) is 4.25. The molecule has 1 saturated heterocycles. The number of nitrogens with zero attached hydrogens (tertiary/aromatic N) is 1. The van der Waals surface area contributed by atoms with Crippen molar-refractivity contribution in [1.29, 1.82) is 0 Å². The third-order valence-corrected chi connectivity index (χ3v) is 7.53. The van der Waals surface area contributed by atoms with E-state index in [1.54, 1.807) is 16.4 Å². The summed E-state index contributed by atoms with van der Waals surface area (Å²) in [5, 5.41) is 1.81. The van der Waals surface area contributed by atoms with Crippen LogP contribution >= 0.6 is 11.3 Å². The number of quaternary nitrogens is 1. The molecule has 3 rings (SSSR count). The zero-order valence-electron chi connectivity index (χ0n) is 13.6. The summed E-state index contributed by atoms with van der Waals surface area (Å²) in [4.78, 5) is 1.45. The van der Waals surface area contributed by atoms with Crippen LogP contribution < -0.4 is 4.90 Å². The Morgan fingerprint density at radius 3 is 2.35 bits per heavy atom. The molecule has 2 aromatic rings. The molecule has 6 heteroatoms. The molecule has 4 nitrogen and oxygen atoms in total. The molecular weight excluding hydrogens is 328 g/mol. The molecule has 0 aliphatic carbocycles. The number of hydrogen-bond acceptors (Lipinski definition) is 3. The van der Waals surface area contributed by atoms with E-state index in [-0.39, 0.29) is 0 Å². The molecule has 2 heterocycles. The Hall–Kier alpha value is -1.21. The van der Waals surface area contributed by atoms with Crippen LogP contribution in [-0.4, -0.2) is 38.9 Å². The molecule has 23 heavy (non-hydrogen) atoms.